The van der Waals surface area contributed by atoms with Crippen molar-refractivity contribution >= 4 is 29.4 Å². The first-order valence-corrected chi connectivity index (χ1v) is 7.57. The molecule has 0 saturated carbocycles. The summed E-state index contributed by atoms with van der Waals surface area (Å²) in [5.41, 5.74) is 4.15. The van der Waals surface area contributed by atoms with Gasteiger partial charge in [0.15, 0.2) is 0 Å². The Morgan fingerprint density at radius 1 is 1.25 bits per heavy atom. The fraction of sp³-hybridized carbons (Fsp3) is 0.222. The predicted molar refractivity (Wildman–Crippen MR) is 93.3 cm³/mol. The first-order valence-electron chi connectivity index (χ1n) is 7.57. The summed E-state index contributed by atoms with van der Waals surface area (Å²) in [7, 11) is 0. The summed E-state index contributed by atoms with van der Waals surface area (Å²) in [5.74, 6) is 0.313. The highest BCUT2D eigenvalue weighted by atomic mass is 35.5. The summed E-state index contributed by atoms with van der Waals surface area (Å²) >= 11 is 0. The lowest BCUT2D eigenvalue weighted by molar-refractivity contribution is 0.0696. The van der Waals surface area contributed by atoms with Gasteiger partial charge in [0, 0.05) is 12.8 Å². The molecule has 24 heavy (non-hydrogen) atoms. The summed E-state index contributed by atoms with van der Waals surface area (Å²) in [4.78, 5) is 18.8. The molecule has 0 atom stereocenters. The molecule has 2 N–H and O–H groups in total. The van der Waals surface area contributed by atoms with E-state index in [-0.39, 0.29) is 24.1 Å². The lowest BCUT2D eigenvalue weighted by Gasteiger charge is -2.14. The van der Waals surface area contributed by atoms with E-state index in [1.807, 2.05) is 19.1 Å². The zero-order valence-electron chi connectivity index (χ0n) is 13.1. The quantitative estimate of drug-likeness (QED) is 0.762. The van der Waals surface area contributed by atoms with Gasteiger partial charge in [-0.2, -0.15) is 0 Å². The number of hydrogen-bond donors (Lipinski definition) is 2. The Hall–Kier alpha value is -2.53. The van der Waals surface area contributed by atoms with Gasteiger partial charge in [0.05, 0.1) is 11.1 Å². The maximum Gasteiger partial charge on any atom is 0.335 e. The van der Waals surface area contributed by atoms with Crippen LogP contribution >= 0.6 is 12.4 Å². The first kappa shape index (κ1) is 16.3. The molecule has 0 amide bonds. The number of carbonyl (C=O) groups is 1. The fourth-order valence-corrected chi connectivity index (χ4v) is 3.20. The third kappa shape index (κ3) is 2.83. The van der Waals surface area contributed by atoms with Gasteiger partial charge in [-0.15, -0.1) is 12.4 Å². The lowest BCUT2D eigenvalue weighted by Crippen LogP contribution is -2.16. The van der Waals surface area contributed by atoms with Crippen LogP contribution in [0, 0.1) is 6.92 Å². The molecule has 0 bridgehead atoms. The number of rotatable bonds is 3. The molecule has 0 saturated heterocycles. The van der Waals surface area contributed by atoms with E-state index in [1.54, 1.807) is 12.1 Å². The average Bonchev–Trinajstić information content (AvgIpc) is 3.08. The van der Waals surface area contributed by atoms with E-state index >= 15 is 0 Å². The standard InChI is InChI=1S/C18H16N2O3.ClH/c1-10-19-15-8-13(18(21)22)9-16(17(15)20-10)23-14-6-11-4-2-3-5-12(11)7-14;/h2-5,8-9,14H,6-7H2,1H3,(H,19,20)(H,21,22);1H. The van der Waals surface area contributed by atoms with Gasteiger partial charge in [-0.05, 0) is 30.2 Å². The van der Waals surface area contributed by atoms with E-state index in [0.29, 0.717) is 11.3 Å². The van der Waals surface area contributed by atoms with Crippen molar-refractivity contribution in [3.63, 3.8) is 0 Å². The number of aromatic amines is 1. The molecule has 1 heterocycles. The van der Waals surface area contributed by atoms with Gasteiger partial charge in [0.1, 0.15) is 23.2 Å². The molecule has 5 nitrogen and oxygen atoms in total. The molecule has 1 aromatic heterocycles. The van der Waals surface area contributed by atoms with Gasteiger partial charge in [0.25, 0.3) is 0 Å². The van der Waals surface area contributed by atoms with E-state index in [2.05, 4.69) is 22.1 Å². The normalized spacial score (nSPS) is 13.5. The molecule has 0 spiro atoms. The Labute approximate surface area is 145 Å². The summed E-state index contributed by atoms with van der Waals surface area (Å²) in [6.07, 6.45) is 1.69. The Morgan fingerprint density at radius 2 is 1.92 bits per heavy atom. The fourth-order valence-electron chi connectivity index (χ4n) is 3.20. The van der Waals surface area contributed by atoms with Crippen molar-refractivity contribution in [1.29, 1.82) is 0 Å². The maximum absolute atomic E-state index is 11.3. The molecular weight excluding hydrogens is 328 g/mol. The van der Waals surface area contributed by atoms with E-state index < -0.39 is 5.97 Å². The van der Waals surface area contributed by atoms with Crippen molar-refractivity contribution in [2.24, 2.45) is 0 Å². The predicted octanol–water partition coefficient (Wildman–Crippen LogP) is 3.54. The van der Waals surface area contributed by atoms with Gasteiger partial charge in [-0.1, -0.05) is 24.3 Å². The maximum atomic E-state index is 11.3. The van der Waals surface area contributed by atoms with E-state index in [4.69, 9.17) is 4.74 Å². The number of carboxylic acids is 1. The number of halogens is 1. The summed E-state index contributed by atoms with van der Waals surface area (Å²) in [6.45, 7) is 1.84. The van der Waals surface area contributed by atoms with Crippen molar-refractivity contribution in [2.45, 2.75) is 25.9 Å². The van der Waals surface area contributed by atoms with Crippen molar-refractivity contribution in [3.8, 4) is 5.75 Å². The monoisotopic (exact) mass is 344 g/mol. The number of aryl methyl sites for hydroxylation is 1. The number of nitrogens with one attached hydrogen (secondary N) is 1. The Bertz CT molecular complexity index is 895. The van der Waals surface area contributed by atoms with Crippen molar-refractivity contribution in [2.75, 3.05) is 0 Å². The smallest absolute Gasteiger partial charge is 0.335 e. The lowest BCUT2D eigenvalue weighted by atomic mass is 10.1. The number of aromatic nitrogens is 2. The molecule has 124 valence electrons. The van der Waals surface area contributed by atoms with Crippen LogP contribution in [-0.2, 0) is 12.8 Å². The van der Waals surface area contributed by atoms with Crippen LogP contribution in [0.25, 0.3) is 11.0 Å². The molecule has 6 heteroatoms. The number of benzene rings is 2. The second kappa shape index (κ2) is 6.17. The van der Waals surface area contributed by atoms with Crippen LogP contribution in [0.2, 0.25) is 0 Å². The SMILES string of the molecule is Cc1nc2cc(C(=O)O)cc(OC3Cc4ccccc4C3)c2[nH]1.Cl. The number of imidazole rings is 1. The molecule has 1 aliphatic rings. The van der Waals surface area contributed by atoms with E-state index in [1.165, 1.54) is 11.1 Å². The molecule has 0 aliphatic heterocycles. The number of carboxylic acid groups (broad SMARTS) is 1. The zero-order chi connectivity index (χ0) is 16.0. The van der Waals surface area contributed by atoms with Gasteiger partial charge in [-0.3, -0.25) is 0 Å². The van der Waals surface area contributed by atoms with Crippen LogP contribution in [0.3, 0.4) is 0 Å². The van der Waals surface area contributed by atoms with Crippen LogP contribution in [0.15, 0.2) is 36.4 Å². The summed E-state index contributed by atoms with van der Waals surface area (Å²) in [5, 5.41) is 9.28. The molecular formula is C18H17ClN2O3. The average molecular weight is 345 g/mol. The van der Waals surface area contributed by atoms with Gasteiger partial charge < -0.3 is 14.8 Å². The van der Waals surface area contributed by atoms with Crippen LogP contribution in [0.5, 0.6) is 5.75 Å². The molecule has 2 aromatic carbocycles. The molecule has 3 aromatic rings. The minimum Gasteiger partial charge on any atom is -0.487 e. The highest BCUT2D eigenvalue weighted by molar-refractivity contribution is 5.95. The molecule has 0 unspecified atom stereocenters. The number of aromatic carboxylic acids is 1. The second-order valence-corrected chi connectivity index (χ2v) is 5.91. The minimum absolute atomic E-state index is 0. The largest absolute Gasteiger partial charge is 0.487 e. The zero-order valence-corrected chi connectivity index (χ0v) is 13.9. The summed E-state index contributed by atoms with van der Waals surface area (Å²) in [6, 6.07) is 11.4. The second-order valence-electron chi connectivity index (χ2n) is 5.91. The molecule has 4 rings (SSSR count). The molecule has 0 radical (unpaired) electrons. The number of ether oxygens (including phenoxy) is 1. The topological polar surface area (TPSA) is 75.2 Å². The van der Waals surface area contributed by atoms with Gasteiger partial charge in [-0.25, -0.2) is 9.78 Å². The minimum atomic E-state index is -0.980. The van der Waals surface area contributed by atoms with Crippen molar-refractivity contribution in [1.82, 2.24) is 9.97 Å². The highest BCUT2D eigenvalue weighted by Crippen LogP contribution is 2.31. The Balaban J connectivity index is 0.00000169. The van der Waals surface area contributed by atoms with Gasteiger partial charge in [0.2, 0.25) is 0 Å². The Kier molecular flexibility index (Phi) is 4.20. The third-order valence-corrected chi connectivity index (χ3v) is 4.23. The number of hydrogen-bond acceptors (Lipinski definition) is 3. The van der Waals surface area contributed by atoms with Crippen LogP contribution < -0.4 is 4.74 Å². The van der Waals surface area contributed by atoms with E-state index in [9.17, 15) is 9.90 Å². The molecule has 0 fully saturated rings. The number of fused-ring (bicyclic) bond motifs is 2. The van der Waals surface area contributed by atoms with Crippen LogP contribution in [0.1, 0.15) is 27.3 Å². The van der Waals surface area contributed by atoms with Crippen LogP contribution in [-0.4, -0.2) is 27.1 Å². The number of H-pyrrole nitrogens is 1. The van der Waals surface area contributed by atoms with Gasteiger partial charge >= 0.3 is 5.97 Å². The Morgan fingerprint density at radius 3 is 2.54 bits per heavy atom. The molecule has 1 aliphatic carbocycles. The highest BCUT2D eigenvalue weighted by Gasteiger charge is 2.24. The first-order chi connectivity index (χ1) is 11.1. The van der Waals surface area contributed by atoms with E-state index in [0.717, 1.165) is 24.2 Å². The third-order valence-electron chi connectivity index (χ3n) is 4.23. The van der Waals surface area contributed by atoms with Crippen molar-refractivity contribution < 1.29 is 14.6 Å². The van der Waals surface area contributed by atoms with Crippen LogP contribution in [0.4, 0.5) is 0 Å². The number of nitrogens with zero attached hydrogens (tertiary/aromatic N) is 1. The van der Waals surface area contributed by atoms with Crippen molar-refractivity contribution in [3.05, 3.63) is 58.9 Å². The summed E-state index contributed by atoms with van der Waals surface area (Å²) < 4.78 is 6.14.